The quantitative estimate of drug-likeness (QED) is 0.241. The molecule has 1 fully saturated rings. The number of nitrogens with zero attached hydrogens (tertiary/aromatic N) is 2. The maximum absolute atomic E-state index is 13.5. The molecule has 196 valence electrons. The summed E-state index contributed by atoms with van der Waals surface area (Å²) in [7, 11) is 0. The van der Waals surface area contributed by atoms with Crippen LogP contribution in [0.15, 0.2) is 90.8 Å². The number of rotatable bonds is 6. The van der Waals surface area contributed by atoms with Crippen molar-refractivity contribution in [3.8, 4) is 11.3 Å². The lowest BCUT2D eigenvalue weighted by Gasteiger charge is -2.23. The van der Waals surface area contributed by atoms with E-state index in [9.17, 15) is 9.18 Å². The van der Waals surface area contributed by atoms with Crippen LogP contribution in [-0.4, -0.2) is 20.9 Å². The normalized spacial score (nSPS) is 17.9. The average Bonchev–Trinajstić information content (AvgIpc) is 3.72. The van der Waals surface area contributed by atoms with Gasteiger partial charge < -0.3 is 21.5 Å². The molecule has 1 atom stereocenters. The van der Waals surface area contributed by atoms with E-state index in [1.165, 1.54) is 18.3 Å². The second-order valence-corrected chi connectivity index (χ2v) is 9.86. The third kappa shape index (κ3) is 4.98. The Balaban J connectivity index is 1.35. The molecule has 0 radical (unpaired) electrons. The van der Waals surface area contributed by atoms with Crippen LogP contribution in [0.1, 0.15) is 36.9 Å². The summed E-state index contributed by atoms with van der Waals surface area (Å²) in [4.78, 5) is 24.7. The van der Waals surface area contributed by atoms with E-state index in [0.717, 1.165) is 63.1 Å². The zero-order chi connectivity index (χ0) is 26.9. The number of pyridine rings is 2. The maximum Gasteiger partial charge on any atom is 0.227 e. The molecule has 1 amide bonds. The van der Waals surface area contributed by atoms with Crippen molar-refractivity contribution in [2.45, 2.75) is 25.7 Å². The number of hydrazine groups is 1. The van der Waals surface area contributed by atoms with Crippen molar-refractivity contribution in [3.05, 3.63) is 108 Å². The molecule has 1 aromatic carbocycles. The summed E-state index contributed by atoms with van der Waals surface area (Å²) in [6.45, 7) is 2.08. The van der Waals surface area contributed by atoms with Gasteiger partial charge in [0.1, 0.15) is 5.82 Å². The average molecular weight is 522 g/mol. The number of hydrogen-bond acceptors (Lipinski definition) is 6. The number of nitrogens with one attached hydrogen (secondary N) is 4. The van der Waals surface area contributed by atoms with Crippen molar-refractivity contribution in [1.82, 2.24) is 25.8 Å². The van der Waals surface area contributed by atoms with Crippen LogP contribution < -0.4 is 21.9 Å². The molecule has 3 aromatic heterocycles. The van der Waals surface area contributed by atoms with Crippen molar-refractivity contribution >= 4 is 28.1 Å². The molecule has 39 heavy (non-hydrogen) atoms. The molecule has 0 bridgehead atoms. The standard InChI is InChI=1S/C30H28FN7O/c1-17(20-11-22(15-33-14-20)36-30(39)19-2-3-19)10-23-25(16-35-38-28(23)13-32)27-12-24-26(37-27)8-9-34-29(24)18-4-6-21(31)7-5-18/h4-17,19,35,37-38H,2-3,32H2,1H3,(H,36,39)/b23-10-,28-13+. The fraction of sp³-hybridized carbons (Fsp3) is 0.167. The Kier molecular flexibility index (Phi) is 6.32. The van der Waals surface area contributed by atoms with Gasteiger partial charge in [-0.1, -0.05) is 13.0 Å². The molecule has 6 N–H and O–H groups in total. The Morgan fingerprint density at radius 2 is 2.00 bits per heavy atom. The molecule has 1 aliphatic carbocycles. The number of carbonyl (C=O) groups excluding carboxylic acids is 1. The predicted octanol–water partition coefficient (Wildman–Crippen LogP) is 5.09. The number of aromatic nitrogens is 3. The molecule has 9 heteroatoms. The Morgan fingerprint density at radius 1 is 1.18 bits per heavy atom. The molecule has 6 rings (SSSR count). The van der Waals surface area contributed by atoms with E-state index in [2.05, 4.69) is 44.1 Å². The zero-order valence-electron chi connectivity index (χ0n) is 21.3. The van der Waals surface area contributed by atoms with Crippen molar-refractivity contribution < 1.29 is 9.18 Å². The molecule has 1 unspecified atom stereocenters. The van der Waals surface area contributed by atoms with Crippen molar-refractivity contribution in [3.63, 3.8) is 0 Å². The van der Waals surface area contributed by atoms with Gasteiger partial charge >= 0.3 is 0 Å². The first-order valence-electron chi connectivity index (χ1n) is 12.9. The van der Waals surface area contributed by atoms with Gasteiger partial charge in [-0.15, -0.1) is 0 Å². The van der Waals surface area contributed by atoms with Gasteiger partial charge in [0.25, 0.3) is 0 Å². The van der Waals surface area contributed by atoms with Crippen LogP contribution in [0.2, 0.25) is 0 Å². The summed E-state index contributed by atoms with van der Waals surface area (Å²) in [6.07, 6.45) is 12.6. The molecule has 4 heterocycles. The van der Waals surface area contributed by atoms with Gasteiger partial charge in [0.15, 0.2) is 0 Å². The lowest BCUT2D eigenvalue weighted by molar-refractivity contribution is -0.117. The first-order chi connectivity index (χ1) is 19.0. The number of aromatic amines is 1. The molecule has 0 spiro atoms. The number of hydrogen-bond donors (Lipinski definition) is 5. The lowest BCUT2D eigenvalue weighted by atomic mass is 9.92. The van der Waals surface area contributed by atoms with E-state index >= 15 is 0 Å². The minimum Gasteiger partial charge on any atom is -0.403 e. The fourth-order valence-electron chi connectivity index (χ4n) is 4.76. The van der Waals surface area contributed by atoms with Crippen LogP contribution in [-0.2, 0) is 4.79 Å². The fourth-order valence-corrected chi connectivity index (χ4v) is 4.76. The molecule has 1 saturated carbocycles. The number of benzene rings is 1. The summed E-state index contributed by atoms with van der Waals surface area (Å²) in [5, 5.41) is 3.90. The summed E-state index contributed by atoms with van der Waals surface area (Å²) in [5.41, 5.74) is 19.8. The predicted molar refractivity (Wildman–Crippen MR) is 150 cm³/mol. The number of amides is 1. The minimum atomic E-state index is -0.289. The second-order valence-electron chi connectivity index (χ2n) is 9.86. The number of fused-ring (bicyclic) bond motifs is 1. The van der Waals surface area contributed by atoms with Gasteiger partial charge in [0.05, 0.1) is 23.3 Å². The monoisotopic (exact) mass is 521 g/mol. The number of allylic oxidation sites excluding steroid dienone is 2. The lowest BCUT2D eigenvalue weighted by Crippen LogP contribution is -2.32. The van der Waals surface area contributed by atoms with Crippen molar-refractivity contribution in [2.24, 2.45) is 11.7 Å². The number of nitrogens with two attached hydrogens (primary N) is 1. The van der Waals surface area contributed by atoms with Gasteiger partial charge in [-0.3, -0.25) is 20.2 Å². The highest BCUT2D eigenvalue weighted by molar-refractivity contribution is 5.97. The first-order valence-corrected chi connectivity index (χ1v) is 12.9. The van der Waals surface area contributed by atoms with E-state index in [1.807, 2.05) is 30.6 Å². The van der Waals surface area contributed by atoms with Crippen LogP contribution in [0.5, 0.6) is 0 Å². The third-order valence-electron chi connectivity index (χ3n) is 7.04. The van der Waals surface area contributed by atoms with Crippen molar-refractivity contribution in [1.29, 1.82) is 0 Å². The van der Waals surface area contributed by atoms with E-state index in [-0.39, 0.29) is 23.6 Å². The van der Waals surface area contributed by atoms with E-state index in [0.29, 0.717) is 5.69 Å². The molecular formula is C30H28FN7O. The number of anilines is 1. The van der Waals surface area contributed by atoms with Crippen LogP contribution in [0.4, 0.5) is 10.1 Å². The number of H-pyrrole nitrogens is 1. The Morgan fingerprint density at radius 3 is 2.77 bits per heavy atom. The molecule has 2 aliphatic rings. The first kappa shape index (κ1) is 24.4. The third-order valence-corrected chi connectivity index (χ3v) is 7.04. The van der Waals surface area contributed by atoms with Crippen molar-refractivity contribution in [2.75, 3.05) is 5.32 Å². The second kappa shape index (κ2) is 10.1. The minimum absolute atomic E-state index is 0.0376. The number of carbonyl (C=O) groups is 1. The molecule has 8 nitrogen and oxygen atoms in total. The van der Waals surface area contributed by atoms with Gasteiger partial charge in [0, 0.05) is 69.9 Å². The Labute approximate surface area is 224 Å². The zero-order valence-corrected chi connectivity index (χ0v) is 21.3. The highest BCUT2D eigenvalue weighted by Crippen LogP contribution is 2.36. The highest BCUT2D eigenvalue weighted by Gasteiger charge is 2.29. The van der Waals surface area contributed by atoms with E-state index < -0.39 is 0 Å². The summed E-state index contributed by atoms with van der Waals surface area (Å²) >= 11 is 0. The van der Waals surface area contributed by atoms with E-state index in [4.69, 9.17) is 5.73 Å². The largest absolute Gasteiger partial charge is 0.403 e. The SMILES string of the molecule is CC(/C=C1/C(c2cc3c(-c4ccc(F)cc4)nccc3[nH]2)=CNN/C1=C/N)c1cncc(NC(=O)C2CC2)c1. The van der Waals surface area contributed by atoms with Crippen LogP contribution in [0.25, 0.3) is 27.7 Å². The van der Waals surface area contributed by atoms with Gasteiger partial charge in [-0.25, -0.2) is 4.39 Å². The molecule has 1 aliphatic heterocycles. The van der Waals surface area contributed by atoms with Crippen LogP contribution in [0, 0.1) is 11.7 Å². The Bertz CT molecular complexity index is 1650. The maximum atomic E-state index is 13.5. The summed E-state index contributed by atoms with van der Waals surface area (Å²) in [6, 6.07) is 12.2. The Hall–Kier alpha value is -4.92. The number of halogens is 1. The highest BCUT2D eigenvalue weighted by atomic mass is 19.1. The molecule has 4 aromatic rings. The van der Waals surface area contributed by atoms with Gasteiger partial charge in [-0.05, 0) is 60.9 Å². The summed E-state index contributed by atoms with van der Waals surface area (Å²) in [5.74, 6) is -0.157. The van der Waals surface area contributed by atoms with Gasteiger partial charge in [0.2, 0.25) is 5.91 Å². The van der Waals surface area contributed by atoms with E-state index in [1.54, 1.807) is 24.5 Å². The molecule has 0 saturated heterocycles. The topological polar surface area (TPSA) is 121 Å². The van der Waals surface area contributed by atoms with Crippen LogP contribution in [0.3, 0.4) is 0 Å². The smallest absolute Gasteiger partial charge is 0.227 e. The van der Waals surface area contributed by atoms with Crippen LogP contribution >= 0.6 is 0 Å². The van der Waals surface area contributed by atoms with Gasteiger partial charge in [-0.2, -0.15) is 0 Å². The summed E-state index contributed by atoms with van der Waals surface area (Å²) < 4.78 is 13.5. The molecular weight excluding hydrogens is 493 g/mol.